The summed E-state index contributed by atoms with van der Waals surface area (Å²) in [6, 6.07) is 5.18. The molecule has 1 aromatic carbocycles. The molecule has 24 heavy (non-hydrogen) atoms. The fourth-order valence-electron chi connectivity index (χ4n) is 2.32. The van der Waals surface area contributed by atoms with E-state index in [2.05, 4.69) is 10.0 Å². The van der Waals surface area contributed by atoms with E-state index in [1.54, 1.807) is 0 Å². The summed E-state index contributed by atoms with van der Waals surface area (Å²) in [4.78, 5) is 12.2. The molecular formula is C15H22N2O5S2. The van der Waals surface area contributed by atoms with Crippen LogP contribution in [0.1, 0.15) is 30.6 Å². The number of sulfonamides is 1. The van der Waals surface area contributed by atoms with Crippen LogP contribution < -0.4 is 10.0 Å². The Morgan fingerprint density at radius 2 is 1.88 bits per heavy atom. The number of sulfone groups is 1. The van der Waals surface area contributed by atoms with Gasteiger partial charge in [0.1, 0.15) is 0 Å². The molecule has 1 fully saturated rings. The highest BCUT2D eigenvalue weighted by Crippen LogP contribution is 2.14. The predicted molar refractivity (Wildman–Crippen MR) is 91.0 cm³/mol. The molecule has 2 N–H and O–H groups in total. The fourth-order valence-corrected chi connectivity index (χ4v) is 5.21. The van der Waals surface area contributed by atoms with Gasteiger partial charge in [-0.3, -0.25) is 4.79 Å². The van der Waals surface area contributed by atoms with Gasteiger partial charge in [0, 0.05) is 18.2 Å². The molecule has 1 amide bonds. The molecule has 0 spiro atoms. The summed E-state index contributed by atoms with van der Waals surface area (Å²) >= 11 is 0. The van der Waals surface area contributed by atoms with Crippen LogP contribution in [0.5, 0.6) is 0 Å². The molecule has 2 rings (SSSR count). The molecule has 1 atom stereocenters. The zero-order valence-corrected chi connectivity index (χ0v) is 15.3. The van der Waals surface area contributed by atoms with Crippen LogP contribution in [0.25, 0.3) is 0 Å². The van der Waals surface area contributed by atoms with E-state index in [9.17, 15) is 21.6 Å². The van der Waals surface area contributed by atoms with Crippen LogP contribution in [0.15, 0.2) is 29.2 Å². The first kappa shape index (κ1) is 18.9. The zero-order chi connectivity index (χ0) is 18.0. The molecule has 1 aliphatic heterocycles. The van der Waals surface area contributed by atoms with Crippen molar-refractivity contribution < 1.29 is 21.6 Å². The highest BCUT2D eigenvalue weighted by molar-refractivity contribution is 7.91. The topological polar surface area (TPSA) is 109 Å². The van der Waals surface area contributed by atoms with E-state index in [4.69, 9.17) is 0 Å². The maximum absolute atomic E-state index is 12.1. The molecule has 1 aromatic rings. The summed E-state index contributed by atoms with van der Waals surface area (Å²) in [5, 5.41) is 2.67. The summed E-state index contributed by atoms with van der Waals surface area (Å²) in [5.41, 5.74) is 0.294. The number of benzene rings is 1. The molecule has 0 aromatic heterocycles. The molecule has 134 valence electrons. The van der Waals surface area contributed by atoms with Gasteiger partial charge in [0.25, 0.3) is 5.91 Å². The Balaban J connectivity index is 2.02. The number of rotatable bonds is 6. The van der Waals surface area contributed by atoms with Gasteiger partial charge in [-0.1, -0.05) is 13.8 Å². The quantitative estimate of drug-likeness (QED) is 0.755. The van der Waals surface area contributed by atoms with Gasteiger partial charge < -0.3 is 5.32 Å². The fraction of sp³-hybridized carbons (Fsp3) is 0.533. The van der Waals surface area contributed by atoms with Gasteiger partial charge in [0.15, 0.2) is 9.84 Å². The number of nitrogens with one attached hydrogen (secondary N) is 2. The monoisotopic (exact) mass is 374 g/mol. The number of hydrogen-bond acceptors (Lipinski definition) is 5. The van der Waals surface area contributed by atoms with Crippen LogP contribution in [0.2, 0.25) is 0 Å². The van der Waals surface area contributed by atoms with Crippen molar-refractivity contribution in [3.8, 4) is 0 Å². The first-order valence-electron chi connectivity index (χ1n) is 7.70. The second kappa shape index (κ2) is 7.20. The molecule has 0 bridgehead atoms. The van der Waals surface area contributed by atoms with Crippen molar-refractivity contribution in [3.05, 3.63) is 29.8 Å². The normalized spacial score (nSPS) is 20.2. The van der Waals surface area contributed by atoms with Gasteiger partial charge in [-0.05, 0) is 36.6 Å². The molecule has 1 heterocycles. The van der Waals surface area contributed by atoms with E-state index in [1.165, 1.54) is 24.3 Å². The Morgan fingerprint density at radius 1 is 1.25 bits per heavy atom. The minimum absolute atomic E-state index is 0.0513. The number of carbonyl (C=O) groups excluding carboxylic acids is 1. The average Bonchev–Trinajstić information content (AvgIpc) is 2.84. The third-order valence-corrected chi connectivity index (χ3v) is 6.88. The second-order valence-corrected chi connectivity index (χ2v) is 10.3. The largest absolute Gasteiger partial charge is 0.348 e. The van der Waals surface area contributed by atoms with Crippen LogP contribution in [-0.2, 0) is 19.9 Å². The predicted octanol–water partition coefficient (Wildman–Crippen LogP) is 0.538. The van der Waals surface area contributed by atoms with Crippen LogP contribution in [-0.4, -0.2) is 46.8 Å². The lowest BCUT2D eigenvalue weighted by Crippen LogP contribution is -2.35. The first-order valence-corrected chi connectivity index (χ1v) is 11.0. The van der Waals surface area contributed by atoms with E-state index in [1.807, 2.05) is 13.8 Å². The van der Waals surface area contributed by atoms with E-state index >= 15 is 0 Å². The van der Waals surface area contributed by atoms with Gasteiger partial charge >= 0.3 is 0 Å². The number of amides is 1. The van der Waals surface area contributed by atoms with E-state index in [0.717, 1.165) is 0 Å². The maximum Gasteiger partial charge on any atom is 0.251 e. The molecular weight excluding hydrogens is 352 g/mol. The minimum atomic E-state index is -3.60. The van der Waals surface area contributed by atoms with Gasteiger partial charge in [0.05, 0.1) is 16.4 Å². The van der Waals surface area contributed by atoms with Crippen molar-refractivity contribution in [1.29, 1.82) is 0 Å². The Bertz CT molecular complexity index is 799. The molecule has 0 aliphatic carbocycles. The zero-order valence-electron chi connectivity index (χ0n) is 13.7. The lowest BCUT2D eigenvalue weighted by molar-refractivity contribution is 0.0941. The Labute approximate surface area is 142 Å². The van der Waals surface area contributed by atoms with Crippen molar-refractivity contribution >= 4 is 25.8 Å². The Kier molecular flexibility index (Phi) is 5.67. The average molecular weight is 374 g/mol. The highest BCUT2D eigenvalue weighted by Gasteiger charge is 2.29. The minimum Gasteiger partial charge on any atom is -0.348 e. The Morgan fingerprint density at radius 3 is 2.38 bits per heavy atom. The smallest absolute Gasteiger partial charge is 0.251 e. The summed E-state index contributed by atoms with van der Waals surface area (Å²) in [5.74, 6) is -0.190. The molecule has 1 saturated heterocycles. The molecule has 0 radical (unpaired) electrons. The molecule has 7 nitrogen and oxygen atoms in total. The van der Waals surface area contributed by atoms with Crippen LogP contribution in [0.3, 0.4) is 0 Å². The van der Waals surface area contributed by atoms with Gasteiger partial charge in [-0.2, -0.15) is 0 Å². The lowest BCUT2D eigenvalue weighted by atomic mass is 10.2. The van der Waals surface area contributed by atoms with Gasteiger partial charge in [0.2, 0.25) is 10.0 Å². The molecule has 0 saturated carbocycles. The first-order chi connectivity index (χ1) is 11.1. The standard InChI is InChI=1S/C15H22N2O5S2/c1-11(2)9-16-24(21,22)14-5-3-12(4-6-14)15(18)17-13-7-8-23(19,20)10-13/h3-6,11,13,16H,7-10H2,1-2H3,(H,17,18). The van der Waals surface area contributed by atoms with Crippen molar-refractivity contribution in [2.45, 2.75) is 31.2 Å². The second-order valence-electron chi connectivity index (χ2n) is 6.34. The van der Waals surface area contributed by atoms with Crippen molar-refractivity contribution in [2.75, 3.05) is 18.1 Å². The van der Waals surface area contributed by atoms with E-state index in [-0.39, 0.29) is 22.3 Å². The van der Waals surface area contributed by atoms with Gasteiger partial charge in [-0.25, -0.2) is 21.6 Å². The summed E-state index contributed by atoms with van der Waals surface area (Å²) in [6.07, 6.45) is 0.402. The van der Waals surface area contributed by atoms with Crippen LogP contribution in [0, 0.1) is 5.92 Å². The van der Waals surface area contributed by atoms with E-state index < -0.39 is 31.8 Å². The number of carbonyl (C=O) groups is 1. The Hall–Kier alpha value is -1.45. The van der Waals surface area contributed by atoms with Crippen molar-refractivity contribution in [3.63, 3.8) is 0 Å². The maximum atomic E-state index is 12.1. The number of hydrogen-bond donors (Lipinski definition) is 2. The third kappa shape index (κ3) is 5.02. The molecule has 9 heteroatoms. The lowest BCUT2D eigenvalue weighted by Gasteiger charge is -2.12. The summed E-state index contributed by atoms with van der Waals surface area (Å²) in [7, 11) is -6.66. The molecule has 1 unspecified atom stereocenters. The van der Waals surface area contributed by atoms with Gasteiger partial charge in [-0.15, -0.1) is 0 Å². The van der Waals surface area contributed by atoms with Crippen molar-refractivity contribution in [2.24, 2.45) is 5.92 Å². The SMILES string of the molecule is CC(C)CNS(=O)(=O)c1ccc(C(=O)NC2CCS(=O)(=O)C2)cc1. The summed E-state index contributed by atoms with van der Waals surface area (Å²) in [6.45, 7) is 4.14. The summed E-state index contributed by atoms with van der Waals surface area (Å²) < 4.78 is 49.5. The molecule has 1 aliphatic rings. The van der Waals surface area contributed by atoms with Crippen molar-refractivity contribution in [1.82, 2.24) is 10.0 Å². The van der Waals surface area contributed by atoms with E-state index in [0.29, 0.717) is 18.5 Å². The van der Waals surface area contributed by atoms with Crippen LogP contribution >= 0.6 is 0 Å². The highest BCUT2D eigenvalue weighted by atomic mass is 32.2. The van der Waals surface area contributed by atoms with Crippen LogP contribution in [0.4, 0.5) is 0 Å². The third-order valence-electron chi connectivity index (χ3n) is 3.68.